The lowest BCUT2D eigenvalue weighted by molar-refractivity contribution is -0.302. The Kier molecular flexibility index (Phi) is 5.52. The molecule has 6 N–H and O–H groups in total. The minimum Gasteiger partial charge on any atom is -0.394 e. The normalized spacial score (nSPS) is 39.9. The van der Waals surface area contributed by atoms with Crippen molar-refractivity contribution in [1.82, 2.24) is 0 Å². The molecule has 0 bridgehead atoms. The van der Waals surface area contributed by atoms with Crippen LogP contribution in [0.15, 0.2) is 0 Å². The average molecular weight is 239 g/mol. The maximum atomic E-state index is 9.51. The molecule has 16 heavy (non-hydrogen) atoms. The Labute approximate surface area is 92.1 Å². The lowest BCUT2D eigenvalue weighted by Crippen LogP contribution is -2.59. The van der Waals surface area contributed by atoms with E-state index in [1.807, 2.05) is 0 Å². The van der Waals surface area contributed by atoms with Gasteiger partial charge in [0.2, 0.25) is 0 Å². The molecule has 0 aromatic heterocycles. The van der Waals surface area contributed by atoms with Gasteiger partial charge in [0.1, 0.15) is 24.4 Å². The molecule has 0 unspecified atom stereocenters. The summed E-state index contributed by atoms with van der Waals surface area (Å²) in [6.07, 6.45) is -6.32. The van der Waals surface area contributed by atoms with E-state index in [0.29, 0.717) is 0 Å². The van der Waals surface area contributed by atoms with Gasteiger partial charge in [-0.25, -0.2) is 5.90 Å². The zero-order valence-corrected chi connectivity index (χ0v) is 8.60. The molecular formula is C8H17NO7. The molecule has 1 fully saturated rings. The molecule has 0 aliphatic carbocycles. The first-order chi connectivity index (χ1) is 7.61. The number of aliphatic hydroxyl groups excluding tert-OH is 4. The summed E-state index contributed by atoms with van der Waals surface area (Å²) < 4.78 is 10.1. The van der Waals surface area contributed by atoms with Gasteiger partial charge in [0.25, 0.3) is 0 Å². The predicted octanol–water partition coefficient (Wildman–Crippen LogP) is -3.31. The largest absolute Gasteiger partial charge is 0.394 e. The van der Waals surface area contributed by atoms with E-state index in [1.54, 1.807) is 0 Å². The van der Waals surface area contributed by atoms with Crippen LogP contribution in [0.2, 0.25) is 0 Å². The van der Waals surface area contributed by atoms with E-state index in [4.69, 9.17) is 20.5 Å². The lowest BCUT2D eigenvalue weighted by atomic mass is 9.99. The topological polar surface area (TPSA) is 135 Å². The maximum Gasteiger partial charge on any atom is 0.186 e. The van der Waals surface area contributed by atoms with Crippen LogP contribution in [0.4, 0.5) is 0 Å². The van der Waals surface area contributed by atoms with Crippen molar-refractivity contribution in [3.8, 4) is 0 Å². The van der Waals surface area contributed by atoms with Gasteiger partial charge in [-0.2, -0.15) is 0 Å². The summed E-state index contributed by atoms with van der Waals surface area (Å²) in [7, 11) is 0. The highest BCUT2D eigenvalue weighted by Gasteiger charge is 2.43. The van der Waals surface area contributed by atoms with Crippen LogP contribution < -0.4 is 5.90 Å². The van der Waals surface area contributed by atoms with Crippen LogP contribution >= 0.6 is 0 Å². The van der Waals surface area contributed by atoms with Crippen LogP contribution in [0, 0.1) is 0 Å². The Morgan fingerprint density at radius 3 is 2.31 bits per heavy atom. The van der Waals surface area contributed by atoms with Crippen molar-refractivity contribution >= 4 is 0 Å². The van der Waals surface area contributed by atoms with Crippen LogP contribution in [-0.4, -0.2) is 71.0 Å². The molecule has 0 saturated carbocycles. The summed E-state index contributed by atoms with van der Waals surface area (Å²) in [4.78, 5) is 4.25. The summed E-state index contributed by atoms with van der Waals surface area (Å²) in [5.41, 5.74) is 0. The van der Waals surface area contributed by atoms with Crippen molar-refractivity contribution in [2.24, 2.45) is 5.90 Å². The SMILES string of the molecule is NOCCO[C@@H]1O[C@H](CO)[C@@H](O)[C@H](O)[C@@H]1O. The number of rotatable bonds is 5. The Bertz CT molecular complexity index is 203. The van der Waals surface area contributed by atoms with E-state index in [9.17, 15) is 15.3 Å². The zero-order valence-electron chi connectivity index (χ0n) is 8.60. The van der Waals surface area contributed by atoms with Gasteiger partial charge in [-0.15, -0.1) is 0 Å². The van der Waals surface area contributed by atoms with Crippen molar-refractivity contribution in [3.05, 3.63) is 0 Å². The van der Waals surface area contributed by atoms with Crippen LogP contribution in [0.25, 0.3) is 0 Å². The summed E-state index contributed by atoms with van der Waals surface area (Å²) >= 11 is 0. The summed E-state index contributed by atoms with van der Waals surface area (Å²) in [6, 6.07) is 0. The molecule has 1 rings (SSSR count). The molecule has 1 heterocycles. The van der Waals surface area contributed by atoms with Gasteiger partial charge in [0.15, 0.2) is 6.29 Å². The number of nitrogens with two attached hydrogens (primary N) is 1. The first kappa shape index (κ1) is 13.7. The molecular weight excluding hydrogens is 222 g/mol. The molecule has 0 aromatic rings. The maximum absolute atomic E-state index is 9.51. The van der Waals surface area contributed by atoms with Crippen LogP contribution in [-0.2, 0) is 14.3 Å². The number of ether oxygens (including phenoxy) is 2. The number of aliphatic hydroxyl groups is 4. The summed E-state index contributed by atoms with van der Waals surface area (Å²) in [5.74, 6) is 4.77. The fourth-order valence-electron chi connectivity index (χ4n) is 1.42. The Balaban J connectivity index is 2.50. The van der Waals surface area contributed by atoms with Crippen LogP contribution in [0.1, 0.15) is 0 Å². The van der Waals surface area contributed by atoms with Gasteiger partial charge in [-0.05, 0) is 0 Å². The Hall–Kier alpha value is -0.320. The second-order valence-corrected chi connectivity index (χ2v) is 3.44. The van der Waals surface area contributed by atoms with Crippen molar-refractivity contribution in [2.45, 2.75) is 30.7 Å². The average Bonchev–Trinajstić information content (AvgIpc) is 2.29. The van der Waals surface area contributed by atoms with Gasteiger partial charge in [0, 0.05) is 0 Å². The highest BCUT2D eigenvalue weighted by atomic mass is 16.7. The fraction of sp³-hybridized carbons (Fsp3) is 1.00. The van der Waals surface area contributed by atoms with Gasteiger partial charge in [-0.1, -0.05) is 0 Å². The summed E-state index contributed by atoms with van der Waals surface area (Å²) in [6.45, 7) is -0.341. The van der Waals surface area contributed by atoms with Gasteiger partial charge >= 0.3 is 0 Å². The smallest absolute Gasteiger partial charge is 0.186 e. The third-order valence-corrected chi connectivity index (χ3v) is 2.33. The first-order valence-electron chi connectivity index (χ1n) is 4.85. The number of hydrogen-bond acceptors (Lipinski definition) is 8. The monoisotopic (exact) mass is 239 g/mol. The van der Waals surface area contributed by atoms with E-state index >= 15 is 0 Å². The first-order valence-corrected chi connectivity index (χ1v) is 4.85. The van der Waals surface area contributed by atoms with Crippen LogP contribution in [0.3, 0.4) is 0 Å². The van der Waals surface area contributed by atoms with Crippen molar-refractivity contribution in [2.75, 3.05) is 19.8 Å². The van der Waals surface area contributed by atoms with E-state index in [-0.39, 0.29) is 13.2 Å². The molecule has 5 atom stereocenters. The van der Waals surface area contributed by atoms with Gasteiger partial charge < -0.3 is 34.7 Å². The quantitative estimate of drug-likeness (QED) is 0.249. The molecule has 0 spiro atoms. The molecule has 8 heteroatoms. The molecule has 96 valence electrons. The standard InChI is InChI=1S/C8H17NO7/c9-15-2-1-14-8-7(13)6(12)5(11)4(3-10)16-8/h4-8,10-13H,1-3,9H2/t4-,5-,6+,7+,8-/m1/s1. The second kappa shape index (κ2) is 6.42. The Morgan fingerprint density at radius 1 is 1.06 bits per heavy atom. The van der Waals surface area contributed by atoms with E-state index in [1.165, 1.54) is 0 Å². The third-order valence-electron chi connectivity index (χ3n) is 2.33. The highest BCUT2D eigenvalue weighted by Crippen LogP contribution is 2.21. The van der Waals surface area contributed by atoms with Gasteiger partial charge in [0.05, 0.1) is 19.8 Å². The molecule has 0 amide bonds. The predicted molar refractivity (Wildman–Crippen MR) is 49.9 cm³/mol. The zero-order chi connectivity index (χ0) is 12.1. The minimum atomic E-state index is -1.44. The third kappa shape index (κ3) is 3.09. The molecule has 1 aliphatic rings. The van der Waals surface area contributed by atoms with Crippen molar-refractivity contribution < 1.29 is 34.7 Å². The van der Waals surface area contributed by atoms with E-state index in [2.05, 4.69) is 4.84 Å². The minimum absolute atomic E-state index is 0.0548. The van der Waals surface area contributed by atoms with Crippen molar-refractivity contribution in [1.29, 1.82) is 0 Å². The highest BCUT2D eigenvalue weighted by molar-refractivity contribution is 4.88. The van der Waals surface area contributed by atoms with E-state index < -0.39 is 37.3 Å². The molecule has 8 nitrogen and oxygen atoms in total. The summed E-state index contributed by atoms with van der Waals surface area (Å²) in [5, 5.41) is 37.2. The molecule has 1 saturated heterocycles. The van der Waals surface area contributed by atoms with Crippen molar-refractivity contribution in [3.63, 3.8) is 0 Å². The van der Waals surface area contributed by atoms with Gasteiger partial charge in [-0.3, -0.25) is 0 Å². The molecule has 1 aliphatic heterocycles. The lowest BCUT2D eigenvalue weighted by Gasteiger charge is -2.39. The second-order valence-electron chi connectivity index (χ2n) is 3.44. The fourth-order valence-corrected chi connectivity index (χ4v) is 1.42. The molecule has 0 aromatic carbocycles. The molecule has 0 radical (unpaired) electrons. The van der Waals surface area contributed by atoms with Crippen LogP contribution in [0.5, 0.6) is 0 Å². The number of hydrogen-bond donors (Lipinski definition) is 5. The van der Waals surface area contributed by atoms with E-state index in [0.717, 1.165) is 0 Å². The Morgan fingerprint density at radius 2 is 1.75 bits per heavy atom.